The molecule has 2 N–H and O–H groups in total. The molecule has 1 aliphatic rings. The molecule has 0 bridgehead atoms. The fraction of sp³-hybridized carbons (Fsp3) is 0.115. The SMILES string of the molecule is O=C(Nc1cccc(CN2C(=O)CNC2=O)c1)c1oc2ccccc2c1COc1ccccc1. The number of urea groups is 1. The summed E-state index contributed by atoms with van der Waals surface area (Å²) >= 11 is 0. The summed E-state index contributed by atoms with van der Waals surface area (Å²) in [7, 11) is 0. The van der Waals surface area contributed by atoms with Crippen LogP contribution in [-0.2, 0) is 17.9 Å². The van der Waals surface area contributed by atoms with Crippen LogP contribution in [0.15, 0.2) is 83.3 Å². The number of carbonyl (C=O) groups is 3. The number of furan rings is 1. The third-order valence-corrected chi connectivity index (χ3v) is 5.49. The van der Waals surface area contributed by atoms with Gasteiger partial charge in [0.1, 0.15) is 17.9 Å². The van der Waals surface area contributed by atoms with E-state index in [0.717, 1.165) is 10.3 Å². The monoisotopic (exact) mass is 455 g/mol. The molecule has 2 heterocycles. The minimum absolute atomic E-state index is 0.00482. The van der Waals surface area contributed by atoms with Crippen molar-refractivity contribution in [2.75, 3.05) is 11.9 Å². The number of nitrogens with zero attached hydrogens (tertiary/aromatic N) is 1. The second-order valence-corrected chi connectivity index (χ2v) is 7.80. The van der Waals surface area contributed by atoms with Gasteiger partial charge >= 0.3 is 6.03 Å². The van der Waals surface area contributed by atoms with Gasteiger partial charge in [0.25, 0.3) is 5.91 Å². The largest absolute Gasteiger partial charge is 0.489 e. The normalized spacial score (nSPS) is 13.2. The Hall–Kier alpha value is -4.59. The summed E-state index contributed by atoms with van der Waals surface area (Å²) in [4.78, 5) is 38.0. The Morgan fingerprint density at radius 1 is 1.00 bits per heavy atom. The molecule has 4 amide bonds. The van der Waals surface area contributed by atoms with Crippen LogP contribution in [0, 0.1) is 0 Å². The molecule has 5 rings (SSSR count). The lowest BCUT2D eigenvalue weighted by Gasteiger charge is -2.13. The summed E-state index contributed by atoms with van der Waals surface area (Å²) in [6, 6.07) is 23.3. The molecule has 3 aromatic carbocycles. The van der Waals surface area contributed by atoms with E-state index in [0.29, 0.717) is 28.1 Å². The maximum Gasteiger partial charge on any atom is 0.324 e. The van der Waals surface area contributed by atoms with E-state index < -0.39 is 11.9 Å². The Labute approximate surface area is 195 Å². The van der Waals surface area contributed by atoms with Crippen LogP contribution in [0.25, 0.3) is 11.0 Å². The predicted molar refractivity (Wildman–Crippen MR) is 125 cm³/mol. The number of carbonyl (C=O) groups excluding carboxylic acids is 3. The van der Waals surface area contributed by atoms with E-state index in [-0.39, 0.29) is 31.4 Å². The average molecular weight is 455 g/mol. The number of ether oxygens (including phenoxy) is 1. The first-order valence-electron chi connectivity index (χ1n) is 10.8. The van der Waals surface area contributed by atoms with Crippen molar-refractivity contribution in [3.8, 4) is 5.75 Å². The van der Waals surface area contributed by atoms with Crippen LogP contribution in [0.4, 0.5) is 10.5 Å². The van der Waals surface area contributed by atoms with Gasteiger partial charge in [0.2, 0.25) is 5.91 Å². The van der Waals surface area contributed by atoms with Gasteiger partial charge in [-0.25, -0.2) is 4.79 Å². The van der Waals surface area contributed by atoms with Crippen LogP contribution in [0.5, 0.6) is 5.75 Å². The Balaban J connectivity index is 1.37. The van der Waals surface area contributed by atoms with Gasteiger partial charge in [0, 0.05) is 16.6 Å². The highest BCUT2D eigenvalue weighted by atomic mass is 16.5. The summed E-state index contributed by atoms with van der Waals surface area (Å²) < 4.78 is 11.8. The first-order valence-corrected chi connectivity index (χ1v) is 10.8. The fourth-order valence-corrected chi connectivity index (χ4v) is 3.83. The van der Waals surface area contributed by atoms with Gasteiger partial charge in [-0.3, -0.25) is 14.5 Å². The number of rotatable bonds is 7. The van der Waals surface area contributed by atoms with Gasteiger partial charge in [-0.2, -0.15) is 0 Å². The van der Waals surface area contributed by atoms with Crippen molar-refractivity contribution in [1.82, 2.24) is 10.2 Å². The molecule has 4 aromatic rings. The summed E-state index contributed by atoms with van der Waals surface area (Å²) in [6.07, 6.45) is 0. The highest BCUT2D eigenvalue weighted by Gasteiger charge is 2.28. The summed E-state index contributed by atoms with van der Waals surface area (Å²) in [6.45, 7) is 0.278. The molecule has 0 unspecified atom stereocenters. The molecule has 1 aliphatic heterocycles. The van der Waals surface area contributed by atoms with E-state index in [1.54, 1.807) is 30.3 Å². The third kappa shape index (κ3) is 4.33. The zero-order valence-electron chi connectivity index (χ0n) is 18.1. The lowest BCUT2D eigenvalue weighted by atomic mass is 10.1. The quantitative estimate of drug-likeness (QED) is 0.404. The van der Waals surface area contributed by atoms with Crippen molar-refractivity contribution < 1.29 is 23.5 Å². The third-order valence-electron chi connectivity index (χ3n) is 5.49. The van der Waals surface area contributed by atoms with Crippen molar-refractivity contribution in [2.45, 2.75) is 13.2 Å². The number of benzene rings is 3. The number of amides is 4. The molecule has 8 heteroatoms. The van der Waals surface area contributed by atoms with Gasteiger partial charge in [-0.1, -0.05) is 48.5 Å². The summed E-state index contributed by atoms with van der Waals surface area (Å²) in [5.74, 6) is 0.142. The number of para-hydroxylation sites is 2. The molecule has 0 aliphatic carbocycles. The molecule has 170 valence electrons. The predicted octanol–water partition coefficient (Wildman–Crippen LogP) is 4.32. The number of nitrogens with one attached hydrogen (secondary N) is 2. The standard InChI is InChI=1S/C26H21N3O5/c30-23-14-27-26(32)29(23)15-17-7-6-8-18(13-17)28-25(31)24-21(16-33-19-9-2-1-3-10-19)20-11-4-5-12-22(20)34-24/h1-13H,14-16H2,(H,27,32)(H,28,31). The highest BCUT2D eigenvalue weighted by molar-refractivity contribution is 6.06. The van der Waals surface area contributed by atoms with Crippen LogP contribution in [0.3, 0.4) is 0 Å². The Bertz CT molecular complexity index is 1360. The topological polar surface area (TPSA) is 101 Å². The minimum atomic E-state index is -0.426. The highest BCUT2D eigenvalue weighted by Crippen LogP contribution is 2.28. The van der Waals surface area contributed by atoms with Gasteiger partial charge < -0.3 is 19.8 Å². The number of imide groups is 1. The summed E-state index contributed by atoms with van der Waals surface area (Å²) in [5, 5.41) is 6.15. The lowest BCUT2D eigenvalue weighted by Crippen LogP contribution is -2.30. The van der Waals surface area contributed by atoms with E-state index in [2.05, 4.69) is 10.6 Å². The summed E-state index contributed by atoms with van der Waals surface area (Å²) in [5.41, 5.74) is 2.46. The van der Waals surface area contributed by atoms with Crippen LogP contribution >= 0.6 is 0 Å². The minimum Gasteiger partial charge on any atom is -0.489 e. The number of anilines is 1. The van der Waals surface area contributed by atoms with Crippen molar-refractivity contribution in [3.05, 3.63) is 95.7 Å². The fourth-order valence-electron chi connectivity index (χ4n) is 3.83. The smallest absolute Gasteiger partial charge is 0.324 e. The second-order valence-electron chi connectivity index (χ2n) is 7.80. The van der Waals surface area contributed by atoms with Crippen LogP contribution in [-0.4, -0.2) is 29.3 Å². The molecule has 0 radical (unpaired) electrons. The van der Waals surface area contributed by atoms with E-state index >= 15 is 0 Å². The zero-order chi connectivity index (χ0) is 23.5. The number of fused-ring (bicyclic) bond motifs is 1. The molecule has 0 spiro atoms. The Kier molecular flexibility index (Phi) is 5.70. The van der Waals surface area contributed by atoms with Crippen molar-refractivity contribution in [2.24, 2.45) is 0 Å². The van der Waals surface area contributed by atoms with Gasteiger partial charge in [-0.05, 0) is 35.9 Å². The Morgan fingerprint density at radius 2 is 1.79 bits per heavy atom. The van der Waals surface area contributed by atoms with E-state index in [1.165, 1.54) is 0 Å². The molecule has 0 saturated carbocycles. The van der Waals surface area contributed by atoms with Crippen LogP contribution < -0.4 is 15.4 Å². The maximum atomic E-state index is 13.2. The molecule has 0 atom stereocenters. The van der Waals surface area contributed by atoms with Gasteiger partial charge in [0.15, 0.2) is 5.76 Å². The van der Waals surface area contributed by atoms with E-state index in [9.17, 15) is 14.4 Å². The molecular formula is C26H21N3O5. The van der Waals surface area contributed by atoms with E-state index in [1.807, 2.05) is 48.5 Å². The molecule has 1 fully saturated rings. The molecular weight excluding hydrogens is 434 g/mol. The van der Waals surface area contributed by atoms with Crippen molar-refractivity contribution in [3.63, 3.8) is 0 Å². The average Bonchev–Trinajstić information content (AvgIpc) is 3.38. The second kappa shape index (κ2) is 9.11. The maximum absolute atomic E-state index is 13.2. The Morgan fingerprint density at radius 3 is 2.59 bits per heavy atom. The lowest BCUT2D eigenvalue weighted by molar-refractivity contribution is -0.125. The molecule has 34 heavy (non-hydrogen) atoms. The molecule has 1 aromatic heterocycles. The zero-order valence-corrected chi connectivity index (χ0v) is 18.1. The van der Waals surface area contributed by atoms with E-state index in [4.69, 9.17) is 9.15 Å². The number of hydrogen-bond acceptors (Lipinski definition) is 5. The first-order chi connectivity index (χ1) is 16.6. The van der Waals surface area contributed by atoms with Crippen LogP contribution in [0.1, 0.15) is 21.7 Å². The number of hydrogen-bond donors (Lipinski definition) is 2. The molecule has 1 saturated heterocycles. The first kappa shape index (κ1) is 21.3. The van der Waals surface area contributed by atoms with Crippen molar-refractivity contribution in [1.29, 1.82) is 0 Å². The van der Waals surface area contributed by atoms with Crippen molar-refractivity contribution >= 4 is 34.5 Å². The molecule has 8 nitrogen and oxygen atoms in total. The van der Waals surface area contributed by atoms with Gasteiger partial charge in [0.05, 0.1) is 13.1 Å². The van der Waals surface area contributed by atoms with Gasteiger partial charge in [-0.15, -0.1) is 0 Å². The van der Waals surface area contributed by atoms with Crippen LogP contribution in [0.2, 0.25) is 0 Å².